The number of nitrogens with one attached hydrogen (secondary N) is 2. The van der Waals surface area contributed by atoms with Gasteiger partial charge in [-0.2, -0.15) is 5.10 Å². The van der Waals surface area contributed by atoms with Crippen LogP contribution in [0.1, 0.15) is 22.1 Å². The number of carbonyl (C=O) groups is 1. The van der Waals surface area contributed by atoms with Gasteiger partial charge in [-0.25, -0.2) is 9.36 Å². The second-order valence-corrected chi connectivity index (χ2v) is 8.05. The number of aromatic amines is 1. The van der Waals surface area contributed by atoms with Gasteiger partial charge in [0, 0.05) is 12.7 Å². The molecule has 2 aromatic heterocycles. The Morgan fingerprint density at radius 3 is 2.60 bits per heavy atom. The molecular weight excluding hydrogens is 442 g/mol. The van der Waals surface area contributed by atoms with E-state index in [9.17, 15) is 9.59 Å². The Labute approximate surface area is 200 Å². The van der Waals surface area contributed by atoms with Crippen LogP contribution < -0.4 is 10.9 Å². The zero-order chi connectivity index (χ0) is 24.4. The van der Waals surface area contributed by atoms with Crippen molar-refractivity contribution in [3.05, 3.63) is 112 Å². The van der Waals surface area contributed by atoms with E-state index in [4.69, 9.17) is 11.3 Å². The summed E-state index contributed by atoms with van der Waals surface area (Å²) < 4.78 is 6.57. The number of H-pyrrole nitrogens is 1. The van der Waals surface area contributed by atoms with Crippen LogP contribution in [0.2, 0.25) is 0 Å². The van der Waals surface area contributed by atoms with Crippen molar-refractivity contribution in [3.63, 3.8) is 0 Å². The number of fused-ring (bicyclic) bond motifs is 2. The fourth-order valence-electron chi connectivity index (χ4n) is 4.13. The summed E-state index contributed by atoms with van der Waals surface area (Å²) in [6.07, 6.45) is 1.62. The van der Waals surface area contributed by atoms with Crippen molar-refractivity contribution in [3.8, 4) is 11.3 Å². The van der Waals surface area contributed by atoms with Gasteiger partial charge in [0.25, 0.3) is 11.5 Å². The minimum atomic E-state index is -0.558. The summed E-state index contributed by atoms with van der Waals surface area (Å²) in [5.41, 5.74) is 1.49. The first-order valence-corrected chi connectivity index (χ1v) is 11.0. The predicted molar refractivity (Wildman–Crippen MR) is 134 cm³/mol. The normalized spacial score (nSPS) is 11.9. The Bertz CT molecular complexity index is 1650. The Hall–Kier alpha value is -4.74. The predicted octanol–water partition coefficient (Wildman–Crippen LogP) is 4.51. The summed E-state index contributed by atoms with van der Waals surface area (Å²) >= 11 is 0. The molecule has 0 aliphatic carbocycles. The fraction of sp³-hybridized carbons (Fsp3) is 0.111. The van der Waals surface area contributed by atoms with Crippen LogP contribution in [0.5, 0.6) is 0 Å². The molecule has 8 nitrogen and oxygen atoms in total. The molecule has 0 aliphatic heterocycles. The molecule has 0 bridgehead atoms. The lowest BCUT2D eigenvalue weighted by Crippen LogP contribution is -2.31. The van der Waals surface area contributed by atoms with Gasteiger partial charge in [-0.05, 0) is 22.4 Å². The van der Waals surface area contributed by atoms with Crippen LogP contribution in [0.15, 0.2) is 83.8 Å². The van der Waals surface area contributed by atoms with E-state index in [2.05, 4.69) is 20.2 Å². The first-order chi connectivity index (χ1) is 17.1. The standard InChI is InChI=1S/C27H21N5O3/c1-28-23-24(26(33)30-22(16-35-2)18-9-4-3-5-10-18)31-32-15-21(29-27(34)25(23)32)20-13-12-17-8-6-7-11-19(17)14-20/h3-15,22H,16H2,2H3,(H,29,34)(H,30,33)/t22-/m1/s1. The minimum Gasteiger partial charge on any atom is -0.382 e. The first-order valence-electron chi connectivity index (χ1n) is 11.0. The van der Waals surface area contributed by atoms with Gasteiger partial charge in [0.2, 0.25) is 5.69 Å². The second kappa shape index (κ2) is 9.25. The van der Waals surface area contributed by atoms with Crippen LogP contribution in [0.4, 0.5) is 5.69 Å². The molecule has 2 N–H and O–H groups in total. The summed E-state index contributed by atoms with van der Waals surface area (Å²) in [6, 6.07) is 22.7. The first kappa shape index (κ1) is 22.1. The lowest BCUT2D eigenvalue weighted by Gasteiger charge is -2.17. The number of hydrogen-bond donors (Lipinski definition) is 2. The number of rotatable bonds is 6. The van der Waals surface area contributed by atoms with E-state index in [0.29, 0.717) is 5.69 Å². The van der Waals surface area contributed by atoms with Crippen molar-refractivity contribution in [1.82, 2.24) is 19.9 Å². The molecular formula is C27H21N5O3. The molecule has 5 rings (SSSR count). The van der Waals surface area contributed by atoms with Crippen LogP contribution in [0, 0.1) is 6.57 Å². The van der Waals surface area contributed by atoms with E-state index in [-0.39, 0.29) is 23.5 Å². The maximum atomic E-state index is 13.2. The molecule has 1 amide bonds. The summed E-state index contributed by atoms with van der Waals surface area (Å²) in [5.74, 6) is -0.558. The number of carbonyl (C=O) groups excluding carboxylic acids is 1. The molecule has 0 unspecified atom stereocenters. The Morgan fingerprint density at radius 1 is 1.11 bits per heavy atom. The monoisotopic (exact) mass is 463 g/mol. The largest absolute Gasteiger partial charge is 0.382 e. The van der Waals surface area contributed by atoms with Crippen molar-refractivity contribution in [1.29, 1.82) is 0 Å². The van der Waals surface area contributed by atoms with E-state index in [1.54, 1.807) is 13.3 Å². The molecule has 1 atom stereocenters. The van der Waals surface area contributed by atoms with Crippen LogP contribution in [-0.2, 0) is 4.74 Å². The van der Waals surface area contributed by atoms with E-state index in [0.717, 1.165) is 21.9 Å². The number of methoxy groups -OCH3 is 1. The molecule has 5 aromatic rings. The SMILES string of the molecule is [C-]#[N+]c1c(C(=O)N[C@H](COC)c2ccccc2)nn2cc(-c3ccc4ccccc4c3)[nH]c(=O)c12. The van der Waals surface area contributed by atoms with Crippen LogP contribution >= 0.6 is 0 Å². The highest BCUT2D eigenvalue weighted by Gasteiger charge is 2.25. The number of benzene rings is 3. The minimum absolute atomic E-state index is 0.0256. The fourth-order valence-corrected chi connectivity index (χ4v) is 4.13. The molecule has 2 heterocycles. The molecule has 0 fully saturated rings. The highest BCUT2D eigenvalue weighted by molar-refractivity contribution is 6.02. The summed E-state index contributed by atoms with van der Waals surface area (Å²) in [5, 5.41) is 9.31. The topological polar surface area (TPSA) is 92.8 Å². The molecule has 0 saturated heterocycles. The smallest absolute Gasteiger partial charge is 0.263 e. The van der Waals surface area contributed by atoms with Gasteiger partial charge in [-0.3, -0.25) is 9.59 Å². The Balaban J connectivity index is 1.55. The highest BCUT2D eigenvalue weighted by atomic mass is 16.5. The van der Waals surface area contributed by atoms with Crippen molar-refractivity contribution < 1.29 is 9.53 Å². The number of nitrogens with zero attached hydrogens (tertiary/aromatic N) is 3. The van der Waals surface area contributed by atoms with E-state index in [1.807, 2.05) is 72.8 Å². The van der Waals surface area contributed by atoms with E-state index < -0.39 is 17.5 Å². The van der Waals surface area contributed by atoms with Crippen LogP contribution in [-0.4, -0.2) is 34.2 Å². The Kier molecular flexibility index (Phi) is 5.83. The average molecular weight is 463 g/mol. The van der Waals surface area contributed by atoms with Crippen molar-refractivity contribution >= 4 is 27.9 Å². The summed E-state index contributed by atoms with van der Waals surface area (Å²) in [7, 11) is 1.55. The number of ether oxygens (including phenoxy) is 1. The maximum Gasteiger partial charge on any atom is 0.263 e. The van der Waals surface area contributed by atoms with Gasteiger partial charge in [0.05, 0.1) is 31.1 Å². The molecule has 3 aromatic carbocycles. The third kappa shape index (κ3) is 4.16. The zero-order valence-electron chi connectivity index (χ0n) is 18.9. The lowest BCUT2D eigenvalue weighted by molar-refractivity contribution is 0.0892. The van der Waals surface area contributed by atoms with Gasteiger partial charge < -0.3 is 15.0 Å². The molecule has 35 heavy (non-hydrogen) atoms. The maximum absolute atomic E-state index is 13.2. The molecule has 8 heteroatoms. The average Bonchev–Trinajstić information content (AvgIpc) is 3.28. The van der Waals surface area contributed by atoms with E-state index >= 15 is 0 Å². The van der Waals surface area contributed by atoms with Crippen molar-refractivity contribution in [2.45, 2.75) is 6.04 Å². The highest BCUT2D eigenvalue weighted by Crippen LogP contribution is 2.27. The molecule has 0 aliphatic rings. The third-order valence-corrected chi connectivity index (χ3v) is 5.83. The van der Waals surface area contributed by atoms with Gasteiger partial charge in [-0.15, -0.1) is 0 Å². The van der Waals surface area contributed by atoms with Crippen molar-refractivity contribution in [2.75, 3.05) is 13.7 Å². The van der Waals surface area contributed by atoms with Gasteiger partial charge in [0.15, 0.2) is 5.69 Å². The van der Waals surface area contributed by atoms with Crippen LogP contribution in [0.25, 0.3) is 32.4 Å². The quantitative estimate of drug-likeness (QED) is 0.363. The Morgan fingerprint density at radius 2 is 1.86 bits per heavy atom. The zero-order valence-corrected chi connectivity index (χ0v) is 18.9. The van der Waals surface area contributed by atoms with Gasteiger partial charge in [-0.1, -0.05) is 66.7 Å². The summed E-state index contributed by atoms with van der Waals surface area (Å²) in [6.45, 7) is 7.86. The molecule has 0 radical (unpaired) electrons. The van der Waals surface area contributed by atoms with Gasteiger partial charge in [0.1, 0.15) is 5.52 Å². The molecule has 0 saturated carbocycles. The lowest BCUT2D eigenvalue weighted by atomic mass is 10.1. The molecule has 172 valence electrons. The summed E-state index contributed by atoms with van der Waals surface area (Å²) in [4.78, 5) is 32.5. The number of hydrogen-bond acceptors (Lipinski definition) is 4. The van der Waals surface area contributed by atoms with Crippen molar-refractivity contribution in [2.24, 2.45) is 0 Å². The molecule has 0 spiro atoms. The second-order valence-electron chi connectivity index (χ2n) is 8.05. The number of amides is 1. The van der Waals surface area contributed by atoms with Crippen LogP contribution in [0.3, 0.4) is 0 Å². The van der Waals surface area contributed by atoms with E-state index in [1.165, 1.54) is 4.52 Å². The third-order valence-electron chi connectivity index (χ3n) is 5.83. The van der Waals surface area contributed by atoms with Gasteiger partial charge >= 0.3 is 0 Å². The number of aromatic nitrogens is 3.